The third-order valence-electron chi connectivity index (χ3n) is 4.87. The van der Waals surface area contributed by atoms with Gasteiger partial charge in [0.2, 0.25) is 0 Å². The summed E-state index contributed by atoms with van der Waals surface area (Å²) < 4.78 is 0. The molecule has 3 unspecified atom stereocenters. The number of aliphatic hydroxyl groups excluding tert-OH is 3. The molecule has 7 nitrogen and oxygen atoms in total. The zero-order valence-corrected chi connectivity index (χ0v) is 11.2. The van der Waals surface area contributed by atoms with Crippen molar-refractivity contribution >= 4 is 0 Å². The highest BCUT2D eigenvalue weighted by molar-refractivity contribution is 4.96. The molecule has 3 aliphatic heterocycles. The average Bonchev–Trinajstić information content (AvgIpc) is 2.48. The fraction of sp³-hybridized carbons (Fsp3) is 1.00. The van der Waals surface area contributed by atoms with E-state index in [1.54, 1.807) is 0 Å². The first kappa shape index (κ1) is 13.7. The van der Waals surface area contributed by atoms with Crippen LogP contribution in [0.2, 0.25) is 0 Å². The van der Waals surface area contributed by atoms with E-state index in [9.17, 15) is 15.3 Å². The van der Waals surface area contributed by atoms with Crippen LogP contribution in [0.5, 0.6) is 0 Å². The molecule has 0 amide bonds. The Hall–Kier alpha value is -0.280. The van der Waals surface area contributed by atoms with E-state index in [1.807, 2.05) is 0 Å². The molecule has 0 radical (unpaired) electrons. The maximum absolute atomic E-state index is 9.51. The van der Waals surface area contributed by atoms with Crippen LogP contribution in [-0.2, 0) is 0 Å². The predicted molar refractivity (Wildman–Crippen MR) is 68.4 cm³/mol. The maximum Gasteiger partial charge on any atom is 0.0968 e. The molecule has 3 rings (SSSR count). The Morgan fingerprint density at radius 3 is 1.21 bits per heavy atom. The molecule has 3 heterocycles. The van der Waals surface area contributed by atoms with Gasteiger partial charge in [0, 0.05) is 19.6 Å². The van der Waals surface area contributed by atoms with Gasteiger partial charge in [-0.05, 0) is 19.3 Å². The van der Waals surface area contributed by atoms with Crippen molar-refractivity contribution in [1.29, 1.82) is 0 Å². The van der Waals surface area contributed by atoms with Crippen LogP contribution in [-0.4, -0.2) is 93.2 Å². The number of nitrogens with zero attached hydrogens (tertiary/aromatic N) is 4. The summed E-state index contributed by atoms with van der Waals surface area (Å²) in [5, 5.41) is 28.5. The van der Waals surface area contributed by atoms with Gasteiger partial charge in [0.1, 0.15) is 0 Å². The highest BCUT2D eigenvalue weighted by Gasteiger charge is 2.48. The van der Waals surface area contributed by atoms with E-state index < -0.39 is 0 Å². The van der Waals surface area contributed by atoms with Crippen molar-refractivity contribution < 1.29 is 15.3 Å². The number of hydrogen-bond acceptors (Lipinski definition) is 7. The van der Waals surface area contributed by atoms with Gasteiger partial charge in [-0.2, -0.15) is 0 Å². The molecule has 19 heavy (non-hydrogen) atoms. The second-order valence-corrected chi connectivity index (χ2v) is 5.62. The summed E-state index contributed by atoms with van der Waals surface area (Å²) in [4.78, 5) is 8.66. The second kappa shape index (κ2) is 5.61. The second-order valence-electron chi connectivity index (χ2n) is 5.62. The first-order valence-electron chi connectivity index (χ1n) is 7.12. The van der Waals surface area contributed by atoms with Gasteiger partial charge in [0.25, 0.3) is 0 Å². The lowest BCUT2D eigenvalue weighted by molar-refractivity contribution is -0.226. The minimum atomic E-state index is 0.0822. The van der Waals surface area contributed by atoms with E-state index in [-0.39, 0.29) is 38.7 Å². The Morgan fingerprint density at radius 1 is 0.632 bits per heavy atom. The summed E-state index contributed by atoms with van der Waals surface area (Å²) in [6, 6.07) is 0. The van der Waals surface area contributed by atoms with E-state index in [0.29, 0.717) is 0 Å². The summed E-state index contributed by atoms with van der Waals surface area (Å²) in [5.41, 5.74) is 0. The molecular weight excluding hydrogens is 248 g/mol. The molecule has 0 aromatic rings. The largest absolute Gasteiger partial charge is 0.381 e. The van der Waals surface area contributed by atoms with Crippen LogP contribution < -0.4 is 0 Å². The van der Waals surface area contributed by atoms with E-state index in [0.717, 1.165) is 38.9 Å². The number of hydrogen-bond donors (Lipinski definition) is 3. The van der Waals surface area contributed by atoms with Gasteiger partial charge < -0.3 is 15.3 Å². The zero-order valence-electron chi connectivity index (χ0n) is 11.2. The van der Waals surface area contributed by atoms with Crippen molar-refractivity contribution in [3.63, 3.8) is 0 Å². The third kappa shape index (κ3) is 2.19. The lowest BCUT2D eigenvalue weighted by Gasteiger charge is -2.61. The van der Waals surface area contributed by atoms with Gasteiger partial charge in [-0.1, -0.05) is 0 Å². The van der Waals surface area contributed by atoms with Gasteiger partial charge in [0.05, 0.1) is 38.7 Å². The van der Waals surface area contributed by atoms with E-state index in [2.05, 4.69) is 19.6 Å². The molecule has 3 atom stereocenters. The average molecular weight is 272 g/mol. The van der Waals surface area contributed by atoms with Crippen LogP contribution in [0.1, 0.15) is 19.3 Å². The van der Waals surface area contributed by atoms with Crippen molar-refractivity contribution in [3.05, 3.63) is 0 Å². The summed E-state index contributed by atoms with van der Waals surface area (Å²) in [7, 11) is 0. The molecule has 0 saturated carbocycles. The van der Waals surface area contributed by atoms with Gasteiger partial charge in [-0.3, -0.25) is 19.6 Å². The summed E-state index contributed by atoms with van der Waals surface area (Å²) in [6.07, 6.45) is 3.46. The van der Waals surface area contributed by atoms with Crippen LogP contribution in [0.3, 0.4) is 0 Å². The van der Waals surface area contributed by atoms with Gasteiger partial charge in [-0.25, -0.2) is 0 Å². The van der Waals surface area contributed by atoms with E-state index >= 15 is 0 Å². The molecule has 110 valence electrons. The first-order valence-corrected chi connectivity index (χ1v) is 7.12. The molecule has 0 spiro atoms. The molecule has 3 saturated heterocycles. The summed E-state index contributed by atoms with van der Waals surface area (Å²) >= 11 is 0. The van der Waals surface area contributed by atoms with Crippen LogP contribution in [0.15, 0.2) is 0 Å². The molecule has 0 aliphatic carbocycles. The smallest absolute Gasteiger partial charge is 0.0968 e. The van der Waals surface area contributed by atoms with Crippen LogP contribution in [0.4, 0.5) is 0 Å². The van der Waals surface area contributed by atoms with Gasteiger partial charge in [-0.15, -0.1) is 0 Å². The Balaban J connectivity index is 1.85. The monoisotopic (exact) mass is 272 g/mol. The van der Waals surface area contributed by atoms with Crippen molar-refractivity contribution in [2.24, 2.45) is 0 Å². The van der Waals surface area contributed by atoms with Crippen molar-refractivity contribution in [3.8, 4) is 0 Å². The Kier molecular flexibility index (Phi) is 4.04. The van der Waals surface area contributed by atoms with Crippen LogP contribution >= 0.6 is 0 Å². The fourth-order valence-corrected chi connectivity index (χ4v) is 3.94. The molecule has 7 heteroatoms. The minimum absolute atomic E-state index is 0.0822. The zero-order chi connectivity index (χ0) is 13.4. The molecule has 0 aromatic heterocycles. The van der Waals surface area contributed by atoms with Crippen molar-refractivity contribution in [2.75, 3.05) is 39.8 Å². The molecule has 0 aromatic carbocycles. The first-order chi connectivity index (χ1) is 9.30. The Labute approximate surface area is 113 Å². The van der Waals surface area contributed by atoms with Crippen LogP contribution in [0, 0.1) is 0 Å². The highest BCUT2D eigenvalue weighted by atomic mass is 16.3. The van der Waals surface area contributed by atoms with Crippen LogP contribution in [0.25, 0.3) is 0 Å². The molecule has 3 N–H and O–H groups in total. The molecule has 0 bridgehead atoms. The highest BCUT2D eigenvalue weighted by Crippen LogP contribution is 2.35. The molecular formula is C12H24N4O3. The Morgan fingerprint density at radius 2 is 0.947 bits per heavy atom. The van der Waals surface area contributed by atoms with E-state index in [4.69, 9.17) is 0 Å². The SMILES string of the molecule is OCN1CCC2N(CO)CCC3N(CO)CCC1N23. The Bertz CT molecular complexity index is 272. The van der Waals surface area contributed by atoms with Crippen molar-refractivity contribution in [2.45, 2.75) is 37.8 Å². The minimum Gasteiger partial charge on any atom is -0.381 e. The third-order valence-corrected chi connectivity index (χ3v) is 4.87. The maximum atomic E-state index is 9.51. The molecule has 3 fully saturated rings. The number of rotatable bonds is 3. The quantitative estimate of drug-likeness (QED) is 0.562. The predicted octanol–water partition coefficient (Wildman–Crippen LogP) is -1.77. The van der Waals surface area contributed by atoms with Gasteiger partial charge in [0.15, 0.2) is 0 Å². The number of aliphatic hydroxyl groups is 3. The standard InChI is InChI=1S/C12H24N4O3/c17-7-13-4-1-10-14(8-18)5-2-12-15(9-19)6-3-11(13)16(10)12/h10-12,17-19H,1-9H2. The van der Waals surface area contributed by atoms with Crippen molar-refractivity contribution in [1.82, 2.24) is 19.6 Å². The summed E-state index contributed by atoms with van der Waals surface area (Å²) in [6.45, 7) is 2.84. The fourth-order valence-electron chi connectivity index (χ4n) is 3.94. The normalized spacial score (nSPS) is 38.4. The van der Waals surface area contributed by atoms with E-state index in [1.165, 1.54) is 0 Å². The lowest BCUT2D eigenvalue weighted by atomic mass is 9.99. The topological polar surface area (TPSA) is 73.6 Å². The summed E-state index contributed by atoms with van der Waals surface area (Å²) in [5.74, 6) is 0. The van der Waals surface area contributed by atoms with Gasteiger partial charge >= 0.3 is 0 Å². The lowest BCUT2D eigenvalue weighted by Crippen LogP contribution is -2.74. The molecule has 3 aliphatic rings.